The second-order valence-electron chi connectivity index (χ2n) is 8.32. The fourth-order valence-electron chi connectivity index (χ4n) is 4.38. The van der Waals surface area contributed by atoms with E-state index in [4.69, 9.17) is 4.98 Å². The minimum absolute atomic E-state index is 0.229. The highest BCUT2D eigenvalue weighted by molar-refractivity contribution is 7.09. The van der Waals surface area contributed by atoms with Gasteiger partial charge in [-0.25, -0.2) is 4.98 Å². The lowest BCUT2D eigenvalue weighted by atomic mass is 9.88. The van der Waals surface area contributed by atoms with Gasteiger partial charge < -0.3 is 9.80 Å². The summed E-state index contributed by atoms with van der Waals surface area (Å²) in [7, 11) is 0. The molecule has 0 N–H and O–H groups in total. The summed E-state index contributed by atoms with van der Waals surface area (Å²) in [5.74, 6) is 1.52. The van der Waals surface area contributed by atoms with Crippen molar-refractivity contribution in [3.63, 3.8) is 0 Å². The van der Waals surface area contributed by atoms with E-state index in [1.807, 2.05) is 0 Å². The topological polar surface area (TPSA) is 49.3 Å². The number of aromatic nitrogens is 2. The van der Waals surface area contributed by atoms with Gasteiger partial charge in [-0.05, 0) is 32.3 Å². The Hall–Kier alpha value is -1.95. The van der Waals surface area contributed by atoms with Gasteiger partial charge in [0, 0.05) is 49.5 Å². The summed E-state index contributed by atoms with van der Waals surface area (Å²) < 4.78 is 4.57. The molecule has 2 aliphatic rings. The number of rotatable bonds is 4. The van der Waals surface area contributed by atoms with Crippen LogP contribution in [0.15, 0.2) is 24.3 Å². The minimum atomic E-state index is 0.229. The summed E-state index contributed by atoms with van der Waals surface area (Å²) in [6, 6.07) is 8.79. The van der Waals surface area contributed by atoms with Crippen LogP contribution in [0.25, 0.3) is 0 Å². The van der Waals surface area contributed by atoms with E-state index >= 15 is 0 Å². The maximum absolute atomic E-state index is 12.9. The summed E-state index contributed by atoms with van der Waals surface area (Å²) in [5.41, 5.74) is 2.51. The Morgan fingerprint density at radius 1 is 1.14 bits per heavy atom. The first-order valence-electron chi connectivity index (χ1n) is 10.5. The van der Waals surface area contributed by atoms with Gasteiger partial charge in [0.1, 0.15) is 5.82 Å². The summed E-state index contributed by atoms with van der Waals surface area (Å²) in [5, 5.41) is 0.985. The van der Waals surface area contributed by atoms with Gasteiger partial charge in [-0.1, -0.05) is 49.1 Å². The molecule has 1 aromatic carbocycles. The lowest BCUT2D eigenvalue weighted by Crippen LogP contribution is -2.55. The third-order valence-corrected chi connectivity index (χ3v) is 6.89. The zero-order chi connectivity index (χ0) is 19.5. The van der Waals surface area contributed by atoms with E-state index in [2.05, 4.69) is 52.3 Å². The van der Waals surface area contributed by atoms with Crippen LogP contribution >= 0.6 is 11.5 Å². The predicted octanol–water partition coefficient (Wildman–Crippen LogP) is 4.05. The average Bonchev–Trinajstić information content (AvgIpc) is 3.18. The van der Waals surface area contributed by atoms with E-state index in [-0.39, 0.29) is 12.0 Å². The third-order valence-electron chi connectivity index (χ3n) is 6.08. The van der Waals surface area contributed by atoms with Crippen LogP contribution in [0.3, 0.4) is 0 Å². The molecule has 28 heavy (non-hydrogen) atoms. The van der Waals surface area contributed by atoms with Gasteiger partial charge >= 0.3 is 0 Å². The maximum Gasteiger partial charge on any atom is 0.226 e. The molecule has 2 heterocycles. The van der Waals surface area contributed by atoms with E-state index in [0.717, 1.165) is 49.9 Å². The van der Waals surface area contributed by atoms with E-state index in [0.29, 0.717) is 5.91 Å². The van der Waals surface area contributed by atoms with Crippen LogP contribution in [0.5, 0.6) is 0 Å². The molecule has 1 atom stereocenters. The number of carbonyl (C=O) groups excluding carboxylic acids is 1. The number of benzene rings is 1. The molecule has 0 unspecified atom stereocenters. The second kappa shape index (κ2) is 8.60. The van der Waals surface area contributed by atoms with Crippen LogP contribution in [-0.2, 0) is 11.2 Å². The molecule has 0 bridgehead atoms. The van der Waals surface area contributed by atoms with Crippen molar-refractivity contribution in [1.29, 1.82) is 0 Å². The quantitative estimate of drug-likeness (QED) is 0.779. The minimum Gasteiger partial charge on any atom is -0.343 e. The Kier molecular flexibility index (Phi) is 5.95. The molecule has 1 saturated heterocycles. The first kappa shape index (κ1) is 19.4. The molecule has 4 rings (SSSR count). The Morgan fingerprint density at radius 3 is 2.61 bits per heavy atom. The van der Waals surface area contributed by atoms with Crippen LogP contribution in [0.4, 0.5) is 5.13 Å². The van der Waals surface area contributed by atoms with E-state index in [1.54, 1.807) is 0 Å². The highest BCUT2D eigenvalue weighted by Crippen LogP contribution is 2.28. The van der Waals surface area contributed by atoms with E-state index in [9.17, 15) is 4.79 Å². The average molecular weight is 399 g/mol. The van der Waals surface area contributed by atoms with Gasteiger partial charge in [-0.3, -0.25) is 4.79 Å². The third kappa shape index (κ3) is 4.37. The van der Waals surface area contributed by atoms with E-state index in [1.165, 1.54) is 41.9 Å². The molecule has 0 radical (unpaired) electrons. The summed E-state index contributed by atoms with van der Waals surface area (Å²) in [6.07, 6.45) is 6.62. The number of carbonyl (C=O) groups is 1. The number of hydrogen-bond donors (Lipinski definition) is 0. The van der Waals surface area contributed by atoms with Gasteiger partial charge in [0.25, 0.3) is 0 Å². The fourth-order valence-corrected chi connectivity index (χ4v) is 5.10. The molecule has 5 nitrogen and oxygen atoms in total. The first-order chi connectivity index (χ1) is 13.6. The molecule has 1 amide bonds. The van der Waals surface area contributed by atoms with Crippen molar-refractivity contribution in [2.75, 3.05) is 24.5 Å². The Morgan fingerprint density at radius 2 is 1.89 bits per heavy atom. The van der Waals surface area contributed by atoms with Gasteiger partial charge in [-0.2, -0.15) is 4.37 Å². The Balaban J connectivity index is 1.35. The van der Waals surface area contributed by atoms with Gasteiger partial charge in [0.05, 0.1) is 0 Å². The van der Waals surface area contributed by atoms with Crippen molar-refractivity contribution >= 4 is 22.6 Å². The Bertz CT molecular complexity index is 797. The molecule has 2 fully saturated rings. The first-order valence-corrected chi connectivity index (χ1v) is 11.3. The maximum atomic E-state index is 12.9. The molecule has 2 aromatic rings. The normalized spacial score (nSPS) is 21.1. The lowest BCUT2D eigenvalue weighted by Gasteiger charge is -2.41. The SMILES string of the molecule is Cc1ccc(Cc2nsc(N3CCN(C(=O)C4CCCCC4)[C@@H](C)C3)n2)cc1. The van der Waals surface area contributed by atoms with Crippen LogP contribution in [0, 0.1) is 12.8 Å². The van der Waals surface area contributed by atoms with Crippen molar-refractivity contribution in [2.45, 2.75) is 58.4 Å². The van der Waals surface area contributed by atoms with Crippen molar-refractivity contribution in [3.05, 3.63) is 41.2 Å². The molecular weight excluding hydrogens is 368 g/mol. The van der Waals surface area contributed by atoms with Crippen molar-refractivity contribution in [1.82, 2.24) is 14.3 Å². The number of amides is 1. The lowest BCUT2D eigenvalue weighted by molar-refractivity contribution is -0.139. The molecule has 1 saturated carbocycles. The number of aryl methyl sites for hydroxylation is 1. The second-order valence-corrected chi connectivity index (χ2v) is 9.05. The number of nitrogens with zero attached hydrogens (tertiary/aromatic N) is 4. The van der Waals surface area contributed by atoms with Crippen molar-refractivity contribution < 1.29 is 4.79 Å². The van der Waals surface area contributed by atoms with Crippen LogP contribution in [-0.4, -0.2) is 45.8 Å². The summed E-state index contributed by atoms with van der Waals surface area (Å²) >= 11 is 1.48. The number of piperazine rings is 1. The number of hydrogen-bond acceptors (Lipinski definition) is 5. The summed E-state index contributed by atoms with van der Waals surface area (Å²) in [6.45, 7) is 6.76. The van der Waals surface area contributed by atoms with Gasteiger partial charge in [0.15, 0.2) is 0 Å². The monoisotopic (exact) mass is 398 g/mol. The highest BCUT2D eigenvalue weighted by Gasteiger charge is 2.33. The van der Waals surface area contributed by atoms with Crippen LogP contribution < -0.4 is 4.90 Å². The molecule has 150 valence electrons. The Labute approximate surface area is 171 Å². The largest absolute Gasteiger partial charge is 0.343 e. The van der Waals surface area contributed by atoms with Crippen molar-refractivity contribution in [3.8, 4) is 0 Å². The molecule has 6 heteroatoms. The van der Waals surface area contributed by atoms with E-state index < -0.39 is 0 Å². The predicted molar refractivity (Wildman–Crippen MR) is 114 cm³/mol. The van der Waals surface area contributed by atoms with Gasteiger partial charge in [0.2, 0.25) is 11.0 Å². The van der Waals surface area contributed by atoms with Crippen molar-refractivity contribution in [2.24, 2.45) is 5.92 Å². The zero-order valence-electron chi connectivity index (χ0n) is 16.9. The van der Waals surface area contributed by atoms with Crippen LogP contribution in [0.1, 0.15) is 56.0 Å². The smallest absolute Gasteiger partial charge is 0.226 e. The fraction of sp³-hybridized carbons (Fsp3) is 0.591. The number of anilines is 1. The van der Waals surface area contributed by atoms with Crippen LogP contribution in [0.2, 0.25) is 0 Å². The molecule has 1 aromatic heterocycles. The molecule has 0 spiro atoms. The molecule has 1 aliphatic heterocycles. The standard InChI is InChI=1S/C22H30N4OS/c1-16-8-10-18(11-9-16)14-20-23-22(28-24-20)25-12-13-26(17(2)15-25)21(27)19-6-4-3-5-7-19/h8-11,17,19H,3-7,12-15H2,1-2H3/t17-/m0/s1. The summed E-state index contributed by atoms with van der Waals surface area (Å²) in [4.78, 5) is 22.1. The molecular formula is C22H30N4OS. The molecule has 1 aliphatic carbocycles. The zero-order valence-corrected chi connectivity index (χ0v) is 17.7. The van der Waals surface area contributed by atoms with Gasteiger partial charge in [-0.15, -0.1) is 0 Å². The highest BCUT2D eigenvalue weighted by atomic mass is 32.1.